The number of benzene rings is 2. The monoisotopic (exact) mass is 431 g/mol. The van der Waals surface area contributed by atoms with Crippen molar-refractivity contribution in [2.24, 2.45) is 10.2 Å². The molecule has 1 amide bonds. The Balaban J connectivity index is 1.56. The molecule has 8 nitrogen and oxygen atoms in total. The Hall–Kier alpha value is -3.17. The van der Waals surface area contributed by atoms with Gasteiger partial charge in [0.1, 0.15) is 11.0 Å². The van der Waals surface area contributed by atoms with Crippen LogP contribution in [-0.4, -0.2) is 39.6 Å². The van der Waals surface area contributed by atoms with Gasteiger partial charge in [-0.2, -0.15) is 5.10 Å². The number of aliphatic carboxylic acids is 1. The van der Waals surface area contributed by atoms with Gasteiger partial charge in [0.15, 0.2) is 5.17 Å². The molecular formula is C19H14ClN3O5S. The number of esters is 1. The summed E-state index contributed by atoms with van der Waals surface area (Å²) in [5.74, 6) is -1.60. The lowest BCUT2D eigenvalue weighted by molar-refractivity contribution is -0.138. The number of ether oxygens (including phenoxy) is 1. The summed E-state index contributed by atoms with van der Waals surface area (Å²) in [7, 11) is 0. The molecule has 1 saturated heterocycles. The minimum Gasteiger partial charge on any atom is -0.481 e. The molecule has 29 heavy (non-hydrogen) atoms. The van der Waals surface area contributed by atoms with Gasteiger partial charge in [0.05, 0.1) is 18.2 Å². The fourth-order valence-electron chi connectivity index (χ4n) is 2.27. The van der Waals surface area contributed by atoms with Crippen molar-refractivity contribution in [3.63, 3.8) is 0 Å². The molecule has 148 valence electrons. The Kier molecular flexibility index (Phi) is 6.63. The van der Waals surface area contributed by atoms with E-state index in [9.17, 15) is 14.4 Å². The largest absolute Gasteiger partial charge is 0.481 e. The van der Waals surface area contributed by atoms with Crippen LogP contribution < -0.4 is 10.1 Å². The lowest BCUT2D eigenvalue weighted by atomic mass is 10.2. The Morgan fingerprint density at radius 2 is 1.86 bits per heavy atom. The zero-order valence-electron chi connectivity index (χ0n) is 14.7. The summed E-state index contributed by atoms with van der Waals surface area (Å²) >= 11 is 6.81. The number of thioether (sulfide) groups is 1. The summed E-state index contributed by atoms with van der Waals surface area (Å²) in [6.07, 6.45) is 1.17. The van der Waals surface area contributed by atoms with E-state index in [1.165, 1.54) is 6.21 Å². The van der Waals surface area contributed by atoms with Gasteiger partial charge in [-0.25, -0.2) is 4.79 Å². The Bertz CT molecular complexity index is 990. The van der Waals surface area contributed by atoms with Crippen LogP contribution >= 0.6 is 23.4 Å². The number of carboxylic acid groups (broad SMARTS) is 1. The topological polar surface area (TPSA) is 117 Å². The van der Waals surface area contributed by atoms with E-state index in [4.69, 9.17) is 21.4 Å². The quantitative estimate of drug-likeness (QED) is 0.314. The molecule has 0 spiro atoms. The molecule has 0 aliphatic carbocycles. The van der Waals surface area contributed by atoms with Crippen LogP contribution in [0.25, 0.3) is 0 Å². The predicted octanol–water partition coefficient (Wildman–Crippen LogP) is 2.96. The highest BCUT2D eigenvalue weighted by molar-refractivity contribution is 8.15. The van der Waals surface area contributed by atoms with Crippen molar-refractivity contribution in [2.45, 2.75) is 11.7 Å². The molecule has 2 aromatic rings. The molecule has 0 bridgehead atoms. The summed E-state index contributed by atoms with van der Waals surface area (Å²) in [6, 6.07) is 12.9. The average Bonchev–Trinajstić information content (AvgIpc) is 3.02. The van der Waals surface area contributed by atoms with Gasteiger partial charge < -0.3 is 15.2 Å². The van der Waals surface area contributed by atoms with Gasteiger partial charge in [0, 0.05) is 5.02 Å². The maximum Gasteiger partial charge on any atom is 0.343 e. The van der Waals surface area contributed by atoms with Gasteiger partial charge >= 0.3 is 11.9 Å². The maximum atomic E-state index is 12.1. The normalized spacial score (nSPS) is 17.5. The van der Waals surface area contributed by atoms with E-state index in [0.29, 0.717) is 21.9 Å². The second kappa shape index (κ2) is 9.35. The number of carbonyl (C=O) groups excluding carboxylic acids is 2. The van der Waals surface area contributed by atoms with Crippen molar-refractivity contribution in [3.05, 3.63) is 64.7 Å². The molecule has 10 heteroatoms. The summed E-state index contributed by atoms with van der Waals surface area (Å²) in [5.41, 5.74) is 1.07. The number of nitrogens with zero attached hydrogens (tertiary/aromatic N) is 2. The molecule has 3 rings (SSSR count). The van der Waals surface area contributed by atoms with Gasteiger partial charge in [0.2, 0.25) is 5.91 Å². The first-order chi connectivity index (χ1) is 13.9. The van der Waals surface area contributed by atoms with Crippen LogP contribution in [-0.2, 0) is 9.59 Å². The second-order valence-corrected chi connectivity index (χ2v) is 7.44. The third kappa shape index (κ3) is 5.90. The predicted molar refractivity (Wildman–Crippen MR) is 110 cm³/mol. The van der Waals surface area contributed by atoms with E-state index in [1.807, 2.05) is 0 Å². The molecule has 1 heterocycles. The minimum atomic E-state index is -1.06. The lowest BCUT2D eigenvalue weighted by Gasteiger charge is -2.04. The molecule has 1 unspecified atom stereocenters. The summed E-state index contributed by atoms with van der Waals surface area (Å²) < 4.78 is 5.28. The summed E-state index contributed by atoms with van der Waals surface area (Å²) in [6.45, 7) is 0. The first-order valence-electron chi connectivity index (χ1n) is 8.29. The summed E-state index contributed by atoms with van der Waals surface area (Å²) in [5, 5.41) is 19.0. The van der Waals surface area contributed by atoms with Crippen molar-refractivity contribution in [1.29, 1.82) is 0 Å². The van der Waals surface area contributed by atoms with Gasteiger partial charge in [-0.3, -0.25) is 9.59 Å². The molecule has 0 saturated carbocycles. The third-order valence-corrected chi connectivity index (χ3v) is 4.99. The van der Waals surface area contributed by atoms with Gasteiger partial charge in [-0.15, -0.1) is 5.10 Å². The van der Waals surface area contributed by atoms with E-state index in [2.05, 4.69) is 15.5 Å². The average molecular weight is 432 g/mol. The number of hydrogen-bond acceptors (Lipinski definition) is 7. The zero-order valence-corrected chi connectivity index (χ0v) is 16.3. The van der Waals surface area contributed by atoms with Crippen LogP contribution in [0.1, 0.15) is 22.3 Å². The minimum absolute atomic E-state index is 0.242. The zero-order chi connectivity index (χ0) is 20.8. The van der Waals surface area contributed by atoms with Crippen LogP contribution in [0.3, 0.4) is 0 Å². The van der Waals surface area contributed by atoms with Crippen molar-refractivity contribution in [1.82, 2.24) is 5.32 Å². The van der Waals surface area contributed by atoms with Crippen LogP contribution in [0.4, 0.5) is 0 Å². The SMILES string of the molecule is O=C(O)CC1SC(=NN=Cc2ccc(OC(=O)c3ccc(Cl)cc3)cc2)NC1=O. The number of nitrogens with one attached hydrogen (secondary N) is 1. The fourth-order valence-corrected chi connectivity index (χ4v) is 3.31. The molecule has 2 aromatic carbocycles. The van der Waals surface area contributed by atoms with E-state index in [0.717, 1.165) is 11.8 Å². The molecule has 0 radical (unpaired) electrons. The van der Waals surface area contributed by atoms with Crippen LogP contribution in [0.2, 0.25) is 5.02 Å². The Morgan fingerprint density at radius 1 is 1.17 bits per heavy atom. The van der Waals surface area contributed by atoms with Crippen LogP contribution in [0, 0.1) is 0 Å². The number of rotatable bonds is 6. The van der Waals surface area contributed by atoms with E-state index >= 15 is 0 Å². The van der Waals surface area contributed by atoms with Crippen LogP contribution in [0.5, 0.6) is 5.75 Å². The molecule has 1 aliphatic rings. The number of carboxylic acids is 1. The van der Waals surface area contributed by atoms with Gasteiger partial charge in [0.25, 0.3) is 0 Å². The fraction of sp³-hybridized carbons (Fsp3) is 0.105. The molecule has 2 N–H and O–H groups in total. The second-order valence-electron chi connectivity index (χ2n) is 5.81. The van der Waals surface area contributed by atoms with Gasteiger partial charge in [-0.05, 0) is 54.1 Å². The van der Waals surface area contributed by atoms with Gasteiger partial charge in [-0.1, -0.05) is 23.4 Å². The highest BCUT2D eigenvalue weighted by Gasteiger charge is 2.32. The maximum absolute atomic E-state index is 12.1. The molecule has 0 aromatic heterocycles. The number of amidine groups is 1. The van der Waals surface area contributed by atoms with Crippen LogP contribution in [0.15, 0.2) is 58.7 Å². The highest BCUT2D eigenvalue weighted by atomic mass is 35.5. The first kappa shape index (κ1) is 20.6. The molecular weight excluding hydrogens is 418 g/mol. The Labute approximate surface area is 174 Å². The third-order valence-electron chi connectivity index (χ3n) is 3.66. The van der Waals surface area contributed by atoms with E-state index in [-0.39, 0.29) is 11.6 Å². The van der Waals surface area contributed by atoms with Crippen molar-refractivity contribution < 1.29 is 24.2 Å². The van der Waals surface area contributed by atoms with E-state index < -0.39 is 23.1 Å². The highest BCUT2D eigenvalue weighted by Crippen LogP contribution is 2.22. The number of hydrogen-bond donors (Lipinski definition) is 2. The van der Waals surface area contributed by atoms with Crippen molar-refractivity contribution in [2.75, 3.05) is 0 Å². The number of halogens is 1. The number of amides is 1. The first-order valence-corrected chi connectivity index (χ1v) is 9.54. The smallest absolute Gasteiger partial charge is 0.343 e. The number of carbonyl (C=O) groups is 3. The van der Waals surface area contributed by atoms with E-state index in [1.54, 1.807) is 48.5 Å². The lowest BCUT2D eigenvalue weighted by Crippen LogP contribution is -2.26. The van der Waals surface area contributed by atoms with Crippen molar-refractivity contribution >= 4 is 52.6 Å². The van der Waals surface area contributed by atoms with Crippen molar-refractivity contribution in [3.8, 4) is 5.75 Å². The standard InChI is InChI=1S/C19H14ClN3O5S/c20-13-5-3-12(4-6-13)18(27)28-14-7-1-11(2-8-14)10-21-23-19-22-17(26)15(29-19)9-16(24)25/h1-8,10,15H,9H2,(H,24,25)(H,22,23,26). The molecule has 1 fully saturated rings. The molecule has 1 atom stereocenters. The molecule has 1 aliphatic heterocycles. The Morgan fingerprint density at radius 3 is 2.52 bits per heavy atom. The summed E-state index contributed by atoms with van der Waals surface area (Å²) in [4.78, 5) is 34.4.